The zero-order chi connectivity index (χ0) is 23.0. The van der Waals surface area contributed by atoms with E-state index in [0.717, 1.165) is 25.7 Å². The summed E-state index contributed by atoms with van der Waals surface area (Å²) in [5.41, 5.74) is 0.881. The van der Waals surface area contributed by atoms with Crippen molar-refractivity contribution < 1.29 is 22.5 Å². The Morgan fingerprint density at radius 2 is 1.81 bits per heavy atom. The third-order valence-corrected chi connectivity index (χ3v) is 6.05. The average molecular weight is 458 g/mol. The van der Waals surface area contributed by atoms with Crippen molar-refractivity contribution >= 4 is 27.4 Å². The molecule has 3 aromatic rings. The van der Waals surface area contributed by atoms with Gasteiger partial charge in [-0.3, -0.25) is 9.52 Å². The minimum absolute atomic E-state index is 0.0342. The first-order chi connectivity index (χ1) is 15.4. The van der Waals surface area contributed by atoms with Gasteiger partial charge in [-0.05, 0) is 49.7 Å². The number of ether oxygens (including phenoxy) is 1. The molecule has 2 aromatic carbocycles. The Bertz CT molecular complexity index is 1140. The molecule has 0 aliphatic heterocycles. The molecule has 9 heteroatoms. The smallest absolute Gasteiger partial charge is 0.263 e. The molecule has 0 fully saturated rings. The van der Waals surface area contributed by atoms with Crippen molar-refractivity contribution in [1.82, 2.24) is 5.16 Å². The minimum Gasteiger partial charge on any atom is -0.493 e. The van der Waals surface area contributed by atoms with Crippen LogP contribution >= 0.6 is 0 Å². The van der Waals surface area contributed by atoms with Gasteiger partial charge in [0.1, 0.15) is 11.5 Å². The van der Waals surface area contributed by atoms with Crippen molar-refractivity contribution in [3.8, 4) is 5.75 Å². The van der Waals surface area contributed by atoms with Crippen LogP contribution in [-0.2, 0) is 10.0 Å². The molecule has 2 N–H and O–H groups in total. The Morgan fingerprint density at radius 3 is 2.50 bits per heavy atom. The molecule has 32 heavy (non-hydrogen) atoms. The van der Waals surface area contributed by atoms with E-state index >= 15 is 0 Å². The first-order valence-electron chi connectivity index (χ1n) is 10.5. The van der Waals surface area contributed by atoms with Crippen molar-refractivity contribution in [1.29, 1.82) is 0 Å². The van der Waals surface area contributed by atoms with Crippen molar-refractivity contribution in [2.75, 3.05) is 16.6 Å². The normalized spacial score (nSPS) is 11.2. The van der Waals surface area contributed by atoms with Crippen LogP contribution in [0.4, 0.5) is 11.5 Å². The van der Waals surface area contributed by atoms with E-state index in [-0.39, 0.29) is 16.6 Å². The van der Waals surface area contributed by atoms with Gasteiger partial charge in [-0.15, -0.1) is 0 Å². The summed E-state index contributed by atoms with van der Waals surface area (Å²) in [7, 11) is -3.83. The molecule has 1 aromatic heterocycles. The van der Waals surface area contributed by atoms with Crippen LogP contribution in [-0.4, -0.2) is 26.1 Å². The molecule has 0 aliphatic carbocycles. The first-order valence-corrected chi connectivity index (χ1v) is 12.0. The standard InChI is InChI=1S/C23H27N3O5S/c1-3-4-5-8-15-30-21-10-7-6-9-20(21)23(27)24-18-11-13-19(14-12-18)32(28,29)26-22-16-17(2)31-25-22/h6-7,9-14,16H,3-5,8,15H2,1-2H3,(H,24,27)(H,25,26). The maximum Gasteiger partial charge on any atom is 0.263 e. The minimum atomic E-state index is -3.83. The number of anilines is 2. The number of carbonyl (C=O) groups excluding carboxylic acids is 1. The van der Waals surface area contributed by atoms with Crippen molar-refractivity contribution in [2.45, 2.75) is 44.4 Å². The Hall–Kier alpha value is -3.33. The molecule has 0 spiro atoms. The van der Waals surface area contributed by atoms with Gasteiger partial charge in [-0.2, -0.15) is 0 Å². The summed E-state index contributed by atoms with van der Waals surface area (Å²) >= 11 is 0. The zero-order valence-electron chi connectivity index (χ0n) is 18.1. The Balaban J connectivity index is 1.63. The molecular weight excluding hydrogens is 430 g/mol. The number of aryl methyl sites for hydroxylation is 1. The maximum absolute atomic E-state index is 12.8. The van der Waals surface area contributed by atoms with Gasteiger partial charge >= 0.3 is 0 Å². The molecule has 0 aliphatic rings. The predicted molar refractivity (Wildman–Crippen MR) is 123 cm³/mol. The van der Waals surface area contributed by atoms with Crippen LogP contribution in [0.15, 0.2) is 64.0 Å². The molecule has 0 saturated heterocycles. The van der Waals surface area contributed by atoms with Gasteiger partial charge in [0.15, 0.2) is 5.82 Å². The number of carbonyl (C=O) groups is 1. The van der Waals surface area contributed by atoms with Gasteiger partial charge in [-0.25, -0.2) is 8.42 Å². The van der Waals surface area contributed by atoms with Gasteiger partial charge in [0.05, 0.1) is 17.1 Å². The monoisotopic (exact) mass is 457 g/mol. The largest absolute Gasteiger partial charge is 0.493 e. The molecule has 1 heterocycles. The molecule has 3 rings (SSSR count). The molecule has 0 saturated carbocycles. The molecule has 8 nitrogen and oxygen atoms in total. The van der Waals surface area contributed by atoms with Gasteiger partial charge < -0.3 is 14.6 Å². The molecule has 0 atom stereocenters. The lowest BCUT2D eigenvalue weighted by Gasteiger charge is -2.12. The predicted octanol–water partition coefficient (Wildman–Crippen LogP) is 5.00. The van der Waals surface area contributed by atoms with Gasteiger partial charge in [0.25, 0.3) is 15.9 Å². The highest BCUT2D eigenvalue weighted by molar-refractivity contribution is 7.92. The molecule has 0 bridgehead atoms. The Labute approximate surface area is 188 Å². The number of unbranched alkanes of at least 4 members (excludes halogenated alkanes) is 3. The fourth-order valence-electron chi connectivity index (χ4n) is 3.02. The number of benzene rings is 2. The van der Waals surface area contributed by atoms with Crippen LogP contribution in [0.1, 0.15) is 48.7 Å². The van der Waals surface area contributed by atoms with Crippen molar-refractivity contribution in [2.24, 2.45) is 0 Å². The average Bonchev–Trinajstić information content (AvgIpc) is 3.18. The summed E-state index contributed by atoms with van der Waals surface area (Å²) in [5, 5.41) is 6.41. The second kappa shape index (κ2) is 10.8. The Morgan fingerprint density at radius 1 is 1.06 bits per heavy atom. The van der Waals surface area contributed by atoms with E-state index in [0.29, 0.717) is 29.4 Å². The second-order valence-corrected chi connectivity index (χ2v) is 8.99. The molecule has 0 unspecified atom stereocenters. The summed E-state index contributed by atoms with van der Waals surface area (Å²) < 4.78 is 38.0. The summed E-state index contributed by atoms with van der Waals surface area (Å²) in [6.07, 6.45) is 4.33. The SMILES string of the molecule is CCCCCCOc1ccccc1C(=O)Nc1ccc(S(=O)(=O)Nc2cc(C)on2)cc1. The summed E-state index contributed by atoms with van der Waals surface area (Å²) in [4.78, 5) is 12.8. The lowest BCUT2D eigenvalue weighted by molar-refractivity contribution is 0.102. The van der Waals surface area contributed by atoms with Gasteiger partial charge in [0, 0.05) is 11.8 Å². The highest BCUT2D eigenvalue weighted by Gasteiger charge is 2.17. The summed E-state index contributed by atoms with van der Waals surface area (Å²) in [5.74, 6) is 0.783. The van der Waals surface area contributed by atoms with E-state index in [4.69, 9.17) is 9.26 Å². The highest BCUT2D eigenvalue weighted by Crippen LogP contribution is 2.22. The van der Waals surface area contributed by atoms with Crippen LogP contribution in [0.25, 0.3) is 0 Å². The van der Waals surface area contributed by atoms with Crippen molar-refractivity contribution in [3.05, 3.63) is 65.9 Å². The first kappa shape index (κ1) is 23.3. The lowest BCUT2D eigenvalue weighted by atomic mass is 10.1. The third kappa shape index (κ3) is 6.34. The van der Waals surface area contributed by atoms with E-state index in [1.807, 2.05) is 6.07 Å². The fraction of sp³-hybridized carbons (Fsp3) is 0.304. The number of para-hydroxylation sites is 1. The number of hydrogen-bond donors (Lipinski definition) is 2. The topological polar surface area (TPSA) is 111 Å². The number of amides is 1. The van der Waals surface area contributed by atoms with E-state index in [9.17, 15) is 13.2 Å². The fourth-order valence-corrected chi connectivity index (χ4v) is 4.00. The number of nitrogens with zero attached hydrogens (tertiary/aromatic N) is 1. The number of nitrogens with one attached hydrogen (secondary N) is 2. The van der Waals surface area contributed by atoms with Crippen LogP contribution in [0.5, 0.6) is 5.75 Å². The van der Waals surface area contributed by atoms with Gasteiger partial charge in [0.2, 0.25) is 0 Å². The van der Waals surface area contributed by atoms with Crippen LogP contribution in [0, 0.1) is 6.92 Å². The Kier molecular flexibility index (Phi) is 7.88. The van der Waals surface area contributed by atoms with Crippen LogP contribution in [0.2, 0.25) is 0 Å². The molecule has 1 amide bonds. The van der Waals surface area contributed by atoms with Gasteiger partial charge in [-0.1, -0.05) is 43.5 Å². The van der Waals surface area contributed by atoms with Crippen molar-refractivity contribution in [3.63, 3.8) is 0 Å². The van der Waals surface area contributed by atoms with E-state index < -0.39 is 10.0 Å². The number of sulfonamides is 1. The maximum atomic E-state index is 12.8. The molecule has 0 radical (unpaired) electrons. The number of aromatic nitrogens is 1. The quantitative estimate of drug-likeness (QED) is 0.392. The van der Waals surface area contributed by atoms with E-state index in [2.05, 4.69) is 22.1 Å². The second-order valence-electron chi connectivity index (χ2n) is 7.31. The highest BCUT2D eigenvalue weighted by atomic mass is 32.2. The third-order valence-electron chi connectivity index (χ3n) is 4.68. The lowest BCUT2D eigenvalue weighted by Crippen LogP contribution is -2.15. The molecule has 170 valence electrons. The van der Waals surface area contributed by atoms with Crippen LogP contribution < -0.4 is 14.8 Å². The van der Waals surface area contributed by atoms with E-state index in [1.165, 1.54) is 30.3 Å². The number of hydrogen-bond acceptors (Lipinski definition) is 6. The van der Waals surface area contributed by atoms with E-state index in [1.54, 1.807) is 25.1 Å². The molecular formula is C23H27N3O5S. The summed E-state index contributed by atoms with van der Waals surface area (Å²) in [6.45, 7) is 4.36. The number of rotatable bonds is 11. The van der Waals surface area contributed by atoms with Crippen LogP contribution in [0.3, 0.4) is 0 Å². The summed E-state index contributed by atoms with van der Waals surface area (Å²) in [6, 6.07) is 14.4. The zero-order valence-corrected chi connectivity index (χ0v) is 18.9.